The third-order valence-corrected chi connectivity index (χ3v) is 4.64. The molecule has 2 aromatic carbocycles. The number of nitrogens with zero attached hydrogens (tertiary/aromatic N) is 1. The third kappa shape index (κ3) is 3.22. The van der Waals surface area contributed by atoms with Gasteiger partial charge in [-0.1, -0.05) is 48.9 Å². The van der Waals surface area contributed by atoms with Gasteiger partial charge in [-0.15, -0.1) is 0 Å². The molecule has 1 saturated heterocycles. The average Bonchev–Trinajstić information content (AvgIpc) is 2.84. The molecule has 23 heavy (non-hydrogen) atoms. The van der Waals surface area contributed by atoms with Gasteiger partial charge in [-0.25, -0.2) is 4.90 Å². The second kappa shape index (κ2) is 6.42. The molecule has 1 heterocycles. The van der Waals surface area contributed by atoms with Gasteiger partial charge >= 0.3 is 0 Å². The smallest absolute Gasteiger partial charge is 0.268 e. The lowest BCUT2D eigenvalue weighted by atomic mass is 10.1. The Morgan fingerprint density at radius 1 is 1.00 bits per heavy atom. The number of anilines is 1. The number of carbonyl (C=O) groups excluding carboxylic acids is 2. The van der Waals surface area contributed by atoms with Crippen LogP contribution < -0.4 is 4.90 Å². The van der Waals surface area contributed by atoms with Gasteiger partial charge < -0.3 is 0 Å². The van der Waals surface area contributed by atoms with E-state index in [1.165, 1.54) is 10.5 Å². The summed E-state index contributed by atoms with van der Waals surface area (Å²) in [5.74, 6) is -0.259. The molecule has 0 N–H and O–H groups in total. The molecule has 116 valence electrons. The molecule has 0 spiro atoms. The topological polar surface area (TPSA) is 37.4 Å². The Hall–Kier alpha value is -2.33. The van der Waals surface area contributed by atoms with Gasteiger partial charge in [-0.2, -0.15) is 0 Å². The van der Waals surface area contributed by atoms with Crippen molar-refractivity contribution >= 4 is 34.7 Å². The fourth-order valence-corrected chi connectivity index (χ4v) is 3.23. The molecule has 0 saturated carbocycles. The molecule has 2 aromatic rings. The summed E-state index contributed by atoms with van der Waals surface area (Å²) in [7, 11) is 0. The van der Waals surface area contributed by atoms with Crippen LogP contribution in [0, 0.1) is 6.92 Å². The van der Waals surface area contributed by atoms with Crippen molar-refractivity contribution in [1.29, 1.82) is 0 Å². The zero-order valence-electron chi connectivity index (χ0n) is 13.1. The Morgan fingerprint density at radius 2 is 1.65 bits per heavy atom. The number of carbonyl (C=O) groups is 2. The molecule has 4 heteroatoms. The van der Waals surface area contributed by atoms with Gasteiger partial charge in [0.1, 0.15) is 0 Å². The molecular weight excluding hydrogens is 306 g/mol. The van der Waals surface area contributed by atoms with E-state index >= 15 is 0 Å². The number of hydrogen-bond donors (Lipinski definition) is 0. The minimum atomic E-state index is -0.259. The molecule has 0 bridgehead atoms. The van der Waals surface area contributed by atoms with E-state index in [-0.39, 0.29) is 11.1 Å². The van der Waals surface area contributed by atoms with Crippen molar-refractivity contribution in [3.8, 4) is 0 Å². The van der Waals surface area contributed by atoms with Crippen molar-refractivity contribution in [1.82, 2.24) is 0 Å². The number of benzene rings is 2. The predicted molar refractivity (Wildman–Crippen MR) is 95.4 cm³/mol. The third-order valence-electron chi connectivity index (χ3n) is 3.77. The number of amides is 2. The van der Waals surface area contributed by atoms with Crippen LogP contribution in [0.2, 0.25) is 0 Å². The maximum Gasteiger partial charge on any atom is 0.298 e. The summed E-state index contributed by atoms with van der Waals surface area (Å²) in [5, 5.41) is -0.252. The molecule has 0 aliphatic carbocycles. The maximum absolute atomic E-state index is 12.6. The van der Waals surface area contributed by atoms with E-state index in [0.717, 1.165) is 29.3 Å². The van der Waals surface area contributed by atoms with E-state index in [2.05, 4.69) is 6.92 Å². The fraction of sp³-hybridized carbons (Fsp3) is 0.158. The summed E-state index contributed by atoms with van der Waals surface area (Å²) in [4.78, 5) is 26.5. The Balaban J connectivity index is 1.88. The van der Waals surface area contributed by atoms with Crippen LogP contribution in [0.5, 0.6) is 0 Å². The Bertz CT molecular complexity index is 776. The Kier molecular flexibility index (Phi) is 4.35. The van der Waals surface area contributed by atoms with Gasteiger partial charge in [0.15, 0.2) is 0 Å². The minimum absolute atomic E-state index is 0.252. The highest BCUT2D eigenvalue weighted by atomic mass is 32.2. The van der Waals surface area contributed by atoms with E-state index in [1.54, 1.807) is 6.08 Å². The zero-order valence-corrected chi connectivity index (χ0v) is 13.9. The van der Waals surface area contributed by atoms with Crippen LogP contribution in [0.1, 0.15) is 23.6 Å². The van der Waals surface area contributed by atoms with Crippen molar-refractivity contribution in [2.24, 2.45) is 0 Å². The Labute approximate surface area is 140 Å². The molecule has 0 radical (unpaired) electrons. The van der Waals surface area contributed by atoms with E-state index in [1.807, 2.05) is 55.5 Å². The van der Waals surface area contributed by atoms with Crippen LogP contribution in [-0.4, -0.2) is 11.1 Å². The first-order valence-electron chi connectivity index (χ1n) is 7.52. The molecule has 3 nitrogen and oxygen atoms in total. The molecular formula is C19H17NO2S. The van der Waals surface area contributed by atoms with Gasteiger partial charge in [-0.05, 0) is 54.4 Å². The first-order valence-corrected chi connectivity index (χ1v) is 8.33. The minimum Gasteiger partial charge on any atom is -0.268 e. The Morgan fingerprint density at radius 3 is 2.26 bits per heavy atom. The number of aryl methyl sites for hydroxylation is 2. The van der Waals surface area contributed by atoms with E-state index < -0.39 is 0 Å². The van der Waals surface area contributed by atoms with E-state index in [0.29, 0.717) is 10.6 Å². The number of imide groups is 1. The molecule has 0 aromatic heterocycles. The van der Waals surface area contributed by atoms with Crippen molar-refractivity contribution in [2.45, 2.75) is 20.3 Å². The average molecular weight is 323 g/mol. The van der Waals surface area contributed by atoms with Gasteiger partial charge in [0.2, 0.25) is 0 Å². The van der Waals surface area contributed by atoms with Crippen LogP contribution in [-0.2, 0) is 11.2 Å². The number of thioether (sulfide) groups is 1. The predicted octanol–water partition coefficient (Wildman–Crippen LogP) is 4.80. The van der Waals surface area contributed by atoms with Crippen molar-refractivity contribution in [2.75, 3.05) is 4.90 Å². The SMILES string of the molecule is CCc1ccc(N2C(=O)S/C(=C\c3ccc(C)cc3)C2=O)cc1. The lowest BCUT2D eigenvalue weighted by Crippen LogP contribution is -2.27. The molecule has 1 fully saturated rings. The largest absolute Gasteiger partial charge is 0.298 e. The van der Waals surface area contributed by atoms with Gasteiger partial charge in [0.25, 0.3) is 11.1 Å². The van der Waals surface area contributed by atoms with Crippen LogP contribution in [0.25, 0.3) is 6.08 Å². The standard InChI is InChI=1S/C19H17NO2S/c1-3-14-8-10-16(11-9-14)20-18(21)17(23-19(20)22)12-15-6-4-13(2)5-7-15/h4-12H,3H2,1-2H3/b17-12-. The lowest BCUT2D eigenvalue weighted by molar-refractivity contribution is -0.113. The van der Waals surface area contributed by atoms with Gasteiger partial charge in [0, 0.05) is 0 Å². The second-order valence-corrected chi connectivity index (χ2v) is 6.44. The summed E-state index contributed by atoms with van der Waals surface area (Å²) in [6.07, 6.45) is 2.69. The monoisotopic (exact) mass is 323 g/mol. The normalized spacial score (nSPS) is 16.4. The van der Waals surface area contributed by atoms with Crippen LogP contribution >= 0.6 is 11.8 Å². The van der Waals surface area contributed by atoms with Crippen molar-refractivity contribution < 1.29 is 9.59 Å². The quantitative estimate of drug-likeness (QED) is 0.762. The number of rotatable bonds is 3. The zero-order chi connectivity index (χ0) is 16.4. The molecule has 1 aliphatic heterocycles. The summed E-state index contributed by atoms with van der Waals surface area (Å²) in [5.41, 5.74) is 3.88. The summed E-state index contributed by atoms with van der Waals surface area (Å²) in [6.45, 7) is 4.08. The van der Waals surface area contributed by atoms with E-state index in [9.17, 15) is 9.59 Å². The van der Waals surface area contributed by atoms with Crippen LogP contribution in [0.4, 0.5) is 10.5 Å². The second-order valence-electron chi connectivity index (χ2n) is 5.45. The summed E-state index contributed by atoms with van der Waals surface area (Å²) >= 11 is 0.984. The summed E-state index contributed by atoms with van der Waals surface area (Å²) in [6, 6.07) is 15.4. The maximum atomic E-state index is 12.6. The molecule has 0 unspecified atom stereocenters. The van der Waals surface area contributed by atoms with E-state index in [4.69, 9.17) is 0 Å². The number of hydrogen-bond acceptors (Lipinski definition) is 3. The first kappa shape index (κ1) is 15.6. The molecule has 2 amide bonds. The van der Waals surface area contributed by atoms with Gasteiger partial charge in [0.05, 0.1) is 10.6 Å². The van der Waals surface area contributed by atoms with Crippen molar-refractivity contribution in [3.05, 3.63) is 70.1 Å². The molecule has 1 aliphatic rings. The highest BCUT2D eigenvalue weighted by molar-refractivity contribution is 8.19. The highest BCUT2D eigenvalue weighted by Gasteiger charge is 2.36. The highest BCUT2D eigenvalue weighted by Crippen LogP contribution is 2.35. The fourth-order valence-electron chi connectivity index (χ4n) is 2.39. The van der Waals surface area contributed by atoms with Crippen LogP contribution in [0.15, 0.2) is 53.4 Å². The van der Waals surface area contributed by atoms with Crippen molar-refractivity contribution in [3.63, 3.8) is 0 Å². The molecule has 0 atom stereocenters. The van der Waals surface area contributed by atoms with Gasteiger partial charge in [-0.3, -0.25) is 9.59 Å². The first-order chi connectivity index (χ1) is 11.1. The molecule has 3 rings (SSSR count). The summed E-state index contributed by atoms with van der Waals surface area (Å²) < 4.78 is 0. The lowest BCUT2D eigenvalue weighted by Gasteiger charge is -2.12. The van der Waals surface area contributed by atoms with Crippen LogP contribution in [0.3, 0.4) is 0 Å².